The van der Waals surface area contributed by atoms with Crippen LogP contribution in [0.5, 0.6) is 0 Å². The predicted molar refractivity (Wildman–Crippen MR) is 60.9 cm³/mol. The van der Waals surface area contributed by atoms with Gasteiger partial charge in [-0.2, -0.15) is 0 Å². The maximum Gasteiger partial charge on any atom is 0.254 e. The van der Waals surface area contributed by atoms with Crippen LogP contribution in [0.3, 0.4) is 0 Å². The number of amides is 1. The van der Waals surface area contributed by atoms with E-state index in [1.54, 1.807) is 23.4 Å². The summed E-state index contributed by atoms with van der Waals surface area (Å²) in [6.07, 6.45) is 0. The Kier molecular flexibility index (Phi) is 4.35. The predicted octanol–water partition coefficient (Wildman–Crippen LogP) is 1.18. The first-order valence-electron chi connectivity index (χ1n) is 4.62. The molecule has 15 heavy (non-hydrogen) atoms. The molecule has 0 atom stereocenters. The summed E-state index contributed by atoms with van der Waals surface area (Å²) in [5.74, 6) is 5.33. The summed E-state index contributed by atoms with van der Waals surface area (Å²) in [7, 11) is 1.76. The third kappa shape index (κ3) is 3.08. The van der Waals surface area contributed by atoms with Crippen LogP contribution in [0.25, 0.3) is 0 Å². The third-order valence-corrected chi connectivity index (χ3v) is 2.80. The molecule has 0 unspecified atom stereocenters. The van der Waals surface area contributed by atoms with E-state index < -0.39 is 0 Å². The molecule has 0 aliphatic rings. The molecule has 0 bridgehead atoms. The van der Waals surface area contributed by atoms with Gasteiger partial charge in [0.1, 0.15) is 6.61 Å². The van der Waals surface area contributed by atoms with E-state index in [1.165, 1.54) is 11.3 Å². The average Bonchev–Trinajstić information content (AvgIpc) is 2.72. The van der Waals surface area contributed by atoms with Crippen LogP contribution < -0.4 is 0 Å². The second-order valence-corrected chi connectivity index (χ2v) is 3.89. The Morgan fingerprint density at radius 3 is 3.00 bits per heavy atom. The van der Waals surface area contributed by atoms with E-state index in [0.717, 1.165) is 4.88 Å². The van der Waals surface area contributed by atoms with Crippen molar-refractivity contribution in [3.05, 3.63) is 21.9 Å². The number of nitrogens with zero attached hydrogens (tertiary/aromatic N) is 1. The second-order valence-electron chi connectivity index (χ2n) is 2.98. The van der Waals surface area contributed by atoms with Crippen molar-refractivity contribution in [2.75, 3.05) is 20.2 Å². The Labute approximate surface area is 93.3 Å². The number of carbonyl (C=O) groups excluding carboxylic acids is 1. The Balaban J connectivity index is 2.80. The van der Waals surface area contributed by atoms with Crippen LogP contribution in [-0.2, 0) is 0 Å². The minimum absolute atomic E-state index is 0.00537. The standard InChI is InChI=1S/C11H13NO2S/c1-3-12(2)11(14)9-7-10(15-8-9)5-4-6-13/h7-8,13H,3,6H2,1-2H3. The molecule has 0 saturated carbocycles. The smallest absolute Gasteiger partial charge is 0.254 e. The minimum Gasteiger partial charge on any atom is -0.384 e. The number of rotatable bonds is 2. The SMILES string of the molecule is CCN(C)C(=O)c1csc(C#CCO)c1. The Morgan fingerprint density at radius 2 is 2.40 bits per heavy atom. The van der Waals surface area contributed by atoms with Gasteiger partial charge in [0, 0.05) is 19.0 Å². The van der Waals surface area contributed by atoms with Crippen molar-refractivity contribution in [3.8, 4) is 11.8 Å². The highest BCUT2D eigenvalue weighted by molar-refractivity contribution is 7.10. The van der Waals surface area contributed by atoms with Gasteiger partial charge in [-0.05, 0) is 13.0 Å². The molecular weight excluding hydrogens is 210 g/mol. The molecule has 0 fully saturated rings. The summed E-state index contributed by atoms with van der Waals surface area (Å²) in [5, 5.41) is 10.3. The van der Waals surface area contributed by atoms with Crippen LogP contribution in [0.15, 0.2) is 11.4 Å². The first kappa shape index (κ1) is 11.8. The van der Waals surface area contributed by atoms with Gasteiger partial charge in [0.15, 0.2) is 0 Å². The van der Waals surface area contributed by atoms with Gasteiger partial charge in [0.25, 0.3) is 5.91 Å². The molecule has 0 saturated heterocycles. The van der Waals surface area contributed by atoms with E-state index in [9.17, 15) is 4.79 Å². The zero-order valence-electron chi connectivity index (χ0n) is 8.78. The first-order valence-corrected chi connectivity index (χ1v) is 5.50. The van der Waals surface area contributed by atoms with Crippen LogP contribution in [0, 0.1) is 11.8 Å². The highest BCUT2D eigenvalue weighted by atomic mass is 32.1. The van der Waals surface area contributed by atoms with Gasteiger partial charge < -0.3 is 10.0 Å². The van der Waals surface area contributed by atoms with Crippen molar-refractivity contribution in [2.24, 2.45) is 0 Å². The monoisotopic (exact) mass is 223 g/mol. The highest BCUT2D eigenvalue weighted by Gasteiger charge is 2.11. The topological polar surface area (TPSA) is 40.5 Å². The normalized spacial score (nSPS) is 9.27. The lowest BCUT2D eigenvalue weighted by Crippen LogP contribution is -2.25. The van der Waals surface area contributed by atoms with Crippen LogP contribution in [-0.4, -0.2) is 36.1 Å². The zero-order chi connectivity index (χ0) is 11.3. The molecule has 0 aromatic carbocycles. The van der Waals surface area contributed by atoms with E-state index in [2.05, 4.69) is 11.8 Å². The number of aliphatic hydroxyl groups is 1. The van der Waals surface area contributed by atoms with E-state index in [1.807, 2.05) is 6.92 Å². The molecule has 1 heterocycles. The molecule has 0 aliphatic carbocycles. The quantitative estimate of drug-likeness (QED) is 0.765. The van der Waals surface area contributed by atoms with Crippen molar-refractivity contribution in [2.45, 2.75) is 6.92 Å². The van der Waals surface area contributed by atoms with Gasteiger partial charge in [0.2, 0.25) is 0 Å². The molecule has 1 aromatic rings. The molecule has 4 heteroatoms. The van der Waals surface area contributed by atoms with Crippen LogP contribution in [0.4, 0.5) is 0 Å². The average molecular weight is 223 g/mol. The number of hydrogen-bond donors (Lipinski definition) is 1. The van der Waals surface area contributed by atoms with Gasteiger partial charge in [-0.1, -0.05) is 11.8 Å². The summed E-state index contributed by atoms with van der Waals surface area (Å²) < 4.78 is 0. The summed E-state index contributed by atoms with van der Waals surface area (Å²) >= 11 is 1.41. The molecule has 0 radical (unpaired) electrons. The van der Waals surface area contributed by atoms with Crippen molar-refractivity contribution in [3.63, 3.8) is 0 Å². The highest BCUT2D eigenvalue weighted by Crippen LogP contribution is 2.14. The zero-order valence-corrected chi connectivity index (χ0v) is 9.60. The van der Waals surface area contributed by atoms with Gasteiger partial charge in [-0.15, -0.1) is 11.3 Å². The van der Waals surface area contributed by atoms with Gasteiger partial charge in [-0.25, -0.2) is 0 Å². The van der Waals surface area contributed by atoms with Crippen molar-refractivity contribution in [1.29, 1.82) is 0 Å². The summed E-state index contributed by atoms with van der Waals surface area (Å²) in [5.41, 5.74) is 0.659. The fourth-order valence-electron chi connectivity index (χ4n) is 1.00. The molecule has 0 aliphatic heterocycles. The molecule has 1 amide bonds. The summed E-state index contributed by atoms with van der Waals surface area (Å²) in [6, 6.07) is 1.75. The Hall–Kier alpha value is -1.31. The van der Waals surface area contributed by atoms with Crippen molar-refractivity contribution < 1.29 is 9.90 Å². The van der Waals surface area contributed by atoms with E-state index in [0.29, 0.717) is 12.1 Å². The molecule has 1 rings (SSSR count). The number of thiophene rings is 1. The lowest BCUT2D eigenvalue weighted by Gasteiger charge is -2.12. The fourth-order valence-corrected chi connectivity index (χ4v) is 1.75. The molecule has 3 nitrogen and oxygen atoms in total. The van der Waals surface area contributed by atoms with Gasteiger partial charge >= 0.3 is 0 Å². The van der Waals surface area contributed by atoms with Crippen LogP contribution in [0.1, 0.15) is 22.2 Å². The Bertz CT molecular complexity index is 400. The molecule has 80 valence electrons. The van der Waals surface area contributed by atoms with Gasteiger partial charge in [0.05, 0.1) is 10.4 Å². The maximum atomic E-state index is 11.7. The van der Waals surface area contributed by atoms with Crippen LogP contribution in [0.2, 0.25) is 0 Å². The molecule has 0 spiro atoms. The van der Waals surface area contributed by atoms with Crippen LogP contribution >= 0.6 is 11.3 Å². The van der Waals surface area contributed by atoms with E-state index in [-0.39, 0.29) is 12.5 Å². The van der Waals surface area contributed by atoms with E-state index in [4.69, 9.17) is 5.11 Å². The third-order valence-electron chi connectivity index (χ3n) is 1.96. The largest absolute Gasteiger partial charge is 0.384 e. The molecule has 1 aromatic heterocycles. The molecule has 1 N–H and O–H groups in total. The summed E-state index contributed by atoms with van der Waals surface area (Å²) in [4.78, 5) is 14.1. The van der Waals surface area contributed by atoms with Crippen molar-refractivity contribution >= 4 is 17.2 Å². The first-order chi connectivity index (χ1) is 7.19. The molecular formula is C11H13NO2S. The maximum absolute atomic E-state index is 11.7. The minimum atomic E-state index is -0.157. The lowest BCUT2D eigenvalue weighted by molar-refractivity contribution is 0.0803. The number of aliphatic hydroxyl groups excluding tert-OH is 1. The van der Waals surface area contributed by atoms with E-state index >= 15 is 0 Å². The number of carbonyl (C=O) groups is 1. The van der Waals surface area contributed by atoms with Gasteiger partial charge in [-0.3, -0.25) is 4.79 Å². The Morgan fingerprint density at radius 1 is 1.67 bits per heavy atom. The van der Waals surface area contributed by atoms with Crippen molar-refractivity contribution in [1.82, 2.24) is 4.90 Å². The lowest BCUT2D eigenvalue weighted by atomic mass is 10.3. The summed E-state index contributed by atoms with van der Waals surface area (Å²) in [6.45, 7) is 2.46. The number of hydrogen-bond acceptors (Lipinski definition) is 3. The fraction of sp³-hybridized carbons (Fsp3) is 0.364. The second kappa shape index (κ2) is 5.54.